The van der Waals surface area contributed by atoms with Crippen molar-refractivity contribution in [2.75, 3.05) is 38.6 Å². The monoisotopic (exact) mass is 559 g/mol. The van der Waals surface area contributed by atoms with E-state index in [1.165, 1.54) is 12.5 Å². The van der Waals surface area contributed by atoms with Crippen LogP contribution < -0.4 is 15.4 Å². The summed E-state index contributed by atoms with van der Waals surface area (Å²) in [6, 6.07) is 21.4. The average Bonchev–Trinajstić information content (AvgIpc) is 3.40. The highest BCUT2D eigenvalue weighted by molar-refractivity contribution is 6.30. The number of nitrogens with one attached hydrogen (secondary N) is 2. The summed E-state index contributed by atoms with van der Waals surface area (Å²) < 4.78 is 11.5. The third-order valence-corrected chi connectivity index (χ3v) is 7.66. The van der Waals surface area contributed by atoms with Crippen molar-refractivity contribution >= 4 is 40.1 Å². The molecule has 7 nitrogen and oxygen atoms in total. The van der Waals surface area contributed by atoms with Gasteiger partial charge in [0.05, 0.1) is 7.11 Å². The maximum atomic E-state index is 12.9. The lowest BCUT2D eigenvalue weighted by Gasteiger charge is -2.32. The van der Waals surface area contributed by atoms with E-state index < -0.39 is 0 Å². The summed E-state index contributed by atoms with van der Waals surface area (Å²) >= 11 is 6.04. The molecule has 5 rings (SSSR count). The molecule has 2 heterocycles. The maximum absolute atomic E-state index is 12.9. The van der Waals surface area contributed by atoms with Crippen LogP contribution >= 0.6 is 11.6 Å². The number of rotatable bonds is 9. The highest BCUT2D eigenvalue weighted by atomic mass is 35.5. The van der Waals surface area contributed by atoms with E-state index in [0.29, 0.717) is 28.8 Å². The van der Waals surface area contributed by atoms with Gasteiger partial charge in [-0.2, -0.15) is 0 Å². The first-order valence-electron chi connectivity index (χ1n) is 13.7. The molecule has 208 valence electrons. The van der Waals surface area contributed by atoms with Gasteiger partial charge in [0, 0.05) is 29.6 Å². The van der Waals surface area contributed by atoms with Crippen molar-refractivity contribution in [2.45, 2.75) is 32.1 Å². The Labute approximate surface area is 239 Å². The van der Waals surface area contributed by atoms with Gasteiger partial charge in [0.15, 0.2) is 17.1 Å². The number of carbonyl (C=O) groups is 2. The van der Waals surface area contributed by atoms with Crippen LogP contribution in [-0.2, 0) is 4.79 Å². The van der Waals surface area contributed by atoms with Crippen LogP contribution in [0, 0.1) is 0 Å². The largest absolute Gasteiger partial charge is 0.493 e. The number of benzene rings is 3. The fourth-order valence-electron chi connectivity index (χ4n) is 5.35. The number of methoxy groups -OCH3 is 1. The van der Waals surface area contributed by atoms with E-state index in [4.69, 9.17) is 20.8 Å². The first kappa shape index (κ1) is 27.7. The Balaban J connectivity index is 1.11. The van der Waals surface area contributed by atoms with E-state index >= 15 is 0 Å². The molecule has 0 atom stereocenters. The quantitative estimate of drug-likeness (QED) is 0.222. The second-order valence-electron chi connectivity index (χ2n) is 10.2. The second-order valence-corrected chi connectivity index (χ2v) is 10.7. The summed E-state index contributed by atoms with van der Waals surface area (Å²) in [6.07, 6.45) is 3.02. The van der Waals surface area contributed by atoms with Gasteiger partial charge in [0.25, 0.3) is 5.91 Å². The summed E-state index contributed by atoms with van der Waals surface area (Å²) in [4.78, 5) is 26.7. The number of halogens is 1. The number of carbonyl (C=O) groups excluding carboxylic acids is 2. The SMILES string of the molecule is COc1cc(-c2ccc(Cl)cc2)cc2cc(C(=O)NCCCN3CCC(c4cccc(NC(C)=O)c4)CC3)oc12. The Hall–Kier alpha value is -3.81. The van der Waals surface area contributed by atoms with Gasteiger partial charge >= 0.3 is 0 Å². The number of nitrogens with zero attached hydrogens (tertiary/aromatic N) is 1. The van der Waals surface area contributed by atoms with Gasteiger partial charge in [0.1, 0.15) is 0 Å². The number of hydrogen-bond donors (Lipinski definition) is 2. The smallest absolute Gasteiger partial charge is 0.287 e. The van der Waals surface area contributed by atoms with Crippen molar-refractivity contribution in [1.29, 1.82) is 0 Å². The number of hydrogen-bond acceptors (Lipinski definition) is 5. The number of piperidine rings is 1. The van der Waals surface area contributed by atoms with E-state index in [-0.39, 0.29) is 17.6 Å². The minimum absolute atomic E-state index is 0.0533. The van der Waals surface area contributed by atoms with Crippen LogP contribution in [0.1, 0.15) is 48.2 Å². The van der Waals surface area contributed by atoms with E-state index in [0.717, 1.165) is 61.1 Å². The van der Waals surface area contributed by atoms with Crippen molar-refractivity contribution in [1.82, 2.24) is 10.2 Å². The first-order valence-corrected chi connectivity index (χ1v) is 14.0. The predicted octanol–water partition coefficient (Wildman–Crippen LogP) is 6.72. The number of fused-ring (bicyclic) bond motifs is 1. The zero-order chi connectivity index (χ0) is 28.1. The topological polar surface area (TPSA) is 83.8 Å². The standard InChI is InChI=1S/C32H34ClN3O4/c1-21(37)35-28-6-3-5-24(18-28)23-11-15-36(16-12-23)14-4-13-34-32(38)30-20-26-17-25(19-29(39-2)31(26)40-30)22-7-9-27(33)10-8-22/h3,5-10,17-20,23H,4,11-16H2,1-2H3,(H,34,38)(H,35,37). The highest BCUT2D eigenvalue weighted by Crippen LogP contribution is 2.35. The molecule has 0 spiro atoms. The van der Waals surface area contributed by atoms with Crippen molar-refractivity contribution in [3.63, 3.8) is 0 Å². The molecular formula is C32H34ClN3O4. The molecule has 1 saturated heterocycles. The Morgan fingerprint density at radius 2 is 1.80 bits per heavy atom. The third-order valence-electron chi connectivity index (χ3n) is 7.41. The molecule has 1 aliphatic rings. The summed E-state index contributed by atoms with van der Waals surface area (Å²) in [6.45, 7) is 5.06. The van der Waals surface area contributed by atoms with Crippen LogP contribution in [-0.4, -0.2) is 50.0 Å². The molecule has 0 bridgehead atoms. The molecule has 4 aromatic rings. The molecule has 3 aromatic carbocycles. The Kier molecular flexibility index (Phi) is 8.72. The fraction of sp³-hybridized carbons (Fsp3) is 0.312. The van der Waals surface area contributed by atoms with Crippen molar-refractivity contribution in [3.8, 4) is 16.9 Å². The summed E-state index contributed by atoms with van der Waals surface area (Å²) in [5, 5.41) is 7.35. The number of amides is 2. The van der Waals surface area contributed by atoms with E-state index in [1.54, 1.807) is 13.2 Å². The highest BCUT2D eigenvalue weighted by Gasteiger charge is 2.21. The van der Waals surface area contributed by atoms with Crippen LogP contribution in [0.2, 0.25) is 5.02 Å². The van der Waals surface area contributed by atoms with Gasteiger partial charge < -0.3 is 24.7 Å². The fourth-order valence-corrected chi connectivity index (χ4v) is 5.47. The zero-order valence-corrected chi connectivity index (χ0v) is 23.6. The molecule has 0 aliphatic carbocycles. The maximum Gasteiger partial charge on any atom is 0.287 e. The van der Waals surface area contributed by atoms with Crippen molar-refractivity contribution in [3.05, 3.63) is 83.1 Å². The molecule has 0 unspecified atom stereocenters. The van der Waals surface area contributed by atoms with Crippen LogP contribution in [0.4, 0.5) is 5.69 Å². The summed E-state index contributed by atoms with van der Waals surface area (Å²) in [7, 11) is 1.59. The lowest BCUT2D eigenvalue weighted by atomic mass is 9.89. The molecule has 0 radical (unpaired) electrons. The van der Waals surface area contributed by atoms with E-state index in [9.17, 15) is 9.59 Å². The van der Waals surface area contributed by atoms with Gasteiger partial charge in [-0.1, -0.05) is 35.9 Å². The minimum atomic E-state index is -0.232. The van der Waals surface area contributed by atoms with Crippen LogP contribution in [0.5, 0.6) is 5.75 Å². The molecule has 1 aliphatic heterocycles. The van der Waals surface area contributed by atoms with Gasteiger partial charge in [-0.3, -0.25) is 9.59 Å². The Morgan fingerprint density at radius 3 is 2.52 bits per heavy atom. The number of anilines is 1. The molecular weight excluding hydrogens is 526 g/mol. The van der Waals surface area contributed by atoms with E-state index in [1.807, 2.05) is 48.5 Å². The molecule has 1 fully saturated rings. The van der Waals surface area contributed by atoms with Crippen LogP contribution in [0.25, 0.3) is 22.1 Å². The van der Waals surface area contributed by atoms with Gasteiger partial charge in [-0.25, -0.2) is 0 Å². The number of likely N-dealkylation sites (tertiary alicyclic amines) is 1. The van der Waals surface area contributed by atoms with E-state index in [2.05, 4.69) is 27.7 Å². The van der Waals surface area contributed by atoms with Gasteiger partial charge in [-0.05, 0) is 104 Å². The molecule has 0 saturated carbocycles. The minimum Gasteiger partial charge on any atom is -0.493 e. The molecule has 40 heavy (non-hydrogen) atoms. The van der Waals surface area contributed by atoms with Crippen molar-refractivity contribution in [2.24, 2.45) is 0 Å². The predicted molar refractivity (Wildman–Crippen MR) is 159 cm³/mol. The molecule has 2 amide bonds. The first-order chi connectivity index (χ1) is 19.4. The van der Waals surface area contributed by atoms with Crippen LogP contribution in [0.3, 0.4) is 0 Å². The number of furan rings is 1. The molecule has 1 aromatic heterocycles. The third kappa shape index (κ3) is 6.66. The summed E-state index contributed by atoms with van der Waals surface area (Å²) in [5.41, 5.74) is 4.64. The average molecular weight is 560 g/mol. The Morgan fingerprint density at radius 1 is 1.02 bits per heavy atom. The van der Waals surface area contributed by atoms with Crippen LogP contribution in [0.15, 0.2) is 71.1 Å². The van der Waals surface area contributed by atoms with Crippen molar-refractivity contribution < 1.29 is 18.7 Å². The van der Waals surface area contributed by atoms with Gasteiger partial charge in [0.2, 0.25) is 5.91 Å². The second kappa shape index (κ2) is 12.6. The van der Waals surface area contributed by atoms with Gasteiger partial charge in [-0.15, -0.1) is 0 Å². The zero-order valence-electron chi connectivity index (χ0n) is 22.8. The summed E-state index contributed by atoms with van der Waals surface area (Å²) in [5.74, 6) is 1.05. The Bertz CT molecular complexity index is 1490. The molecule has 8 heteroatoms. The normalized spacial score (nSPS) is 14.3. The number of ether oxygens (including phenoxy) is 1. The lowest BCUT2D eigenvalue weighted by Crippen LogP contribution is -2.35. The lowest BCUT2D eigenvalue weighted by molar-refractivity contribution is -0.114. The molecule has 2 N–H and O–H groups in total.